The molecule has 0 saturated heterocycles. The Morgan fingerprint density at radius 2 is 1.83 bits per heavy atom. The molecule has 23 heavy (non-hydrogen) atoms. The van der Waals surface area contributed by atoms with E-state index in [0.29, 0.717) is 11.3 Å². The molecule has 0 aliphatic rings. The highest BCUT2D eigenvalue weighted by Crippen LogP contribution is 2.21. The lowest BCUT2D eigenvalue weighted by Crippen LogP contribution is -2.23. The predicted molar refractivity (Wildman–Crippen MR) is 95.5 cm³/mol. The fourth-order valence-electron chi connectivity index (χ4n) is 2.19. The van der Waals surface area contributed by atoms with E-state index in [-0.39, 0.29) is 18.3 Å². The summed E-state index contributed by atoms with van der Waals surface area (Å²) in [6, 6.07) is 13.0. The van der Waals surface area contributed by atoms with Crippen molar-refractivity contribution in [1.29, 1.82) is 0 Å². The van der Waals surface area contributed by atoms with Crippen LogP contribution in [0.15, 0.2) is 42.5 Å². The number of halogens is 1. The molecule has 4 nitrogen and oxygen atoms in total. The van der Waals surface area contributed by atoms with E-state index < -0.39 is 6.10 Å². The molecule has 1 atom stereocenters. The Morgan fingerprint density at radius 1 is 1.13 bits per heavy atom. The van der Waals surface area contributed by atoms with Gasteiger partial charge in [0.2, 0.25) is 0 Å². The minimum absolute atomic E-state index is 0.143. The molecule has 0 aliphatic heterocycles. The average Bonchev–Trinajstić information content (AvgIpc) is 2.57. The van der Waals surface area contributed by atoms with Crippen LogP contribution < -0.4 is 10.6 Å². The maximum atomic E-state index is 12.6. The molecule has 0 heterocycles. The topological polar surface area (TPSA) is 61.4 Å². The summed E-state index contributed by atoms with van der Waals surface area (Å²) in [6.07, 6.45) is -0.660. The zero-order chi connectivity index (χ0) is 16.8. The Bertz CT molecular complexity index is 688. The Balaban J connectivity index is 2.17. The molecule has 1 unspecified atom stereocenters. The number of hydrogen-bond acceptors (Lipinski definition) is 3. The Labute approximate surface area is 141 Å². The van der Waals surface area contributed by atoms with Gasteiger partial charge in [0.1, 0.15) is 0 Å². The SMILES string of the molecule is Cc1cccc(NC(=O)c2ccccc2NCC(O)CCl)c1C. The van der Waals surface area contributed by atoms with Gasteiger partial charge in [0.25, 0.3) is 5.91 Å². The number of hydrogen-bond donors (Lipinski definition) is 3. The average molecular weight is 333 g/mol. The van der Waals surface area contributed by atoms with Crippen molar-refractivity contribution >= 4 is 28.9 Å². The summed E-state index contributed by atoms with van der Waals surface area (Å²) in [6.45, 7) is 4.28. The number of nitrogens with one attached hydrogen (secondary N) is 2. The van der Waals surface area contributed by atoms with Crippen molar-refractivity contribution in [2.45, 2.75) is 20.0 Å². The van der Waals surface area contributed by atoms with Gasteiger partial charge in [0.05, 0.1) is 17.5 Å². The van der Waals surface area contributed by atoms with E-state index in [1.165, 1.54) is 0 Å². The van der Waals surface area contributed by atoms with Crippen molar-refractivity contribution in [3.8, 4) is 0 Å². The molecule has 0 aromatic heterocycles. The molecule has 2 aromatic carbocycles. The lowest BCUT2D eigenvalue weighted by molar-refractivity contribution is 0.102. The summed E-state index contributed by atoms with van der Waals surface area (Å²) >= 11 is 5.59. The minimum Gasteiger partial charge on any atom is -0.390 e. The molecule has 122 valence electrons. The number of aryl methyl sites for hydroxylation is 1. The van der Waals surface area contributed by atoms with Gasteiger partial charge in [-0.1, -0.05) is 24.3 Å². The van der Waals surface area contributed by atoms with Gasteiger partial charge in [0.15, 0.2) is 0 Å². The van der Waals surface area contributed by atoms with E-state index in [2.05, 4.69) is 10.6 Å². The van der Waals surface area contributed by atoms with Gasteiger partial charge in [-0.2, -0.15) is 0 Å². The first-order valence-corrected chi connectivity index (χ1v) is 8.01. The molecule has 0 aliphatic carbocycles. The predicted octanol–water partition coefficient (Wildman–Crippen LogP) is 3.57. The Morgan fingerprint density at radius 3 is 2.57 bits per heavy atom. The van der Waals surface area contributed by atoms with Gasteiger partial charge in [-0.15, -0.1) is 11.6 Å². The Hall–Kier alpha value is -2.04. The summed E-state index contributed by atoms with van der Waals surface area (Å²) in [7, 11) is 0. The van der Waals surface area contributed by atoms with E-state index in [0.717, 1.165) is 16.8 Å². The van der Waals surface area contributed by atoms with Crippen molar-refractivity contribution in [3.05, 3.63) is 59.2 Å². The highest BCUT2D eigenvalue weighted by molar-refractivity contribution is 6.18. The normalized spacial score (nSPS) is 11.8. The number of rotatable bonds is 6. The summed E-state index contributed by atoms with van der Waals surface area (Å²) in [5, 5.41) is 15.6. The van der Waals surface area contributed by atoms with Crippen LogP contribution in [0, 0.1) is 13.8 Å². The number of amides is 1. The van der Waals surface area contributed by atoms with Gasteiger partial charge in [0, 0.05) is 17.9 Å². The number of alkyl halides is 1. The maximum Gasteiger partial charge on any atom is 0.257 e. The lowest BCUT2D eigenvalue weighted by atomic mass is 10.1. The second kappa shape index (κ2) is 7.99. The summed E-state index contributed by atoms with van der Waals surface area (Å²) in [5.41, 5.74) is 4.16. The van der Waals surface area contributed by atoms with Crippen molar-refractivity contribution in [3.63, 3.8) is 0 Å². The molecule has 2 rings (SSSR count). The van der Waals surface area contributed by atoms with Crippen molar-refractivity contribution in [1.82, 2.24) is 0 Å². The number of aliphatic hydroxyl groups is 1. The molecule has 2 aromatic rings. The monoisotopic (exact) mass is 332 g/mol. The van der Waals surface area contributed by atoms with Crippen LogP contribution in [0.4, 0.5) is 11.4 Å². The largest absolute Gasteiger partial charge is 0.390 e. The molecular formula is C18H21ClN2O2. The first kappa shape index (κ1) is 17.3. The van der Waals surface area contributed by atoms with Gasteiger partial charge in [-0.05, 0) is 43.2 Å². The van der Waals surface area contributed by atoms with Crippen molar-refractivity contribution < 1.29 is 9.90 Å². The van der Waals surface area contributed by atoms with Crippen LogP contribution in [-0.2, 0) is 0 Å². The van der Waals surface area contributed by atoms with Gasteiger partial charge in [-0.25, -0.2) is 0 Å². The third-order valence-electron chi connectivity index (χ3n) is 3.73. The number of benzene rings is 2. The van der Waals surface area contributed by atoms with Crippen LogP contribution in [0.3, 0.4) is 0 Å². The first-order valence-electron chi connectivity index (χ1n) is 7.47. The molecule has 0 fully saturated rings. The van der Waals surface area contributed by atoms with E-state index in [4.69, 9.17) is 11.6 Å². The van der Waals surface area contributed by atoms with Gasteiger partial charge >= 0.3 is 0 Å². The highest BCUT2D eigenvalue weighted by atomic mass is 35.5. The van der Waals surface area contributed by atoms with Crippen LogP contribution in [0.5, 0.6) is 0 Å². The van der Waals surface area contributed by atoms with E-state index in [9.17, 15) is 9.90 Å². The second-order valence-corrected chi connectivity index (χ2v) is 5.74. The lowest BCUT2D eigenvalue weighted by Gasteiger charge is -2.15. The minimum atomic E-state index is -0.660. The Kier molecular flexibility index (Phi) is 6.02. The highest BCUT2D eigenvalue weighted by Gasteiger charge is 2.13. The molecule has 5 heteroatoms. The third-order valence-corrected chi connectivity index (χ3v) is 4.09. The van der Waals surface area contributed by atoms with Crippen LogP contribution in [0.25, 0.3) is 0 Å². The van der Waals surface area contributed by atoms with Crippen LogP contribution >= 0.6 is 11.6 Å². The molecule has 1 amide bonds. The maximum absolute atomic E-state index is 12.6. The zero-order valence-electron chi connectivity index (χ0n) is 13.3. The summed E-state index contributed by atoms with van der Waals surface area (Å²) in [5.74, 6) is -0.0497. The molecule has 0 radical (unpaired) electrons. The van der Waals surface area contributed by atoms with Crippen molar-refractivity contribution in [2.75, 3.05) is 23.1 Å². The number of carbonyl (C=O) groups excluding carboxylic acids is 1. The molecule has 3 N–H and O–H groups in total. The van der Waals surface area contributed by atoms with E-state index in [1.54, 1.807) is 18.2 Å². The van der Waals surface area contributed by atoms with Crippen LogP contribution in [0.2, 0.25) is 0 Å². The third kappa shape index (κ3) is 4.47. The molecular weight excluding hydrogens is 312 g/mol. The molecule has 0 spiro atoms. The van der Waals surface area contributed by atoms with E-state index >= 15 is 0 Å². The van der Waals surface area contributed by atoms with Gasteiger partial charge < -0.3 is 15.7 Å². The van der Waals surface area contributed by atoms with Crippen LogP contribution in [0.1, 0.15) is 21.5 Å². The second-order valence-electron chi connectivity index (χ2n) is 5.44. The zero-order valence-corrected chi connectivity index (χ0v) is 14.0. The summed E-state index contributed by atoms with van der Waals surface area (Å²) < 4.78 is 0. The van der Waals surface area contributed by atoms with E-state index in [1.807, 2.05) is 38.1 Å². The molecule has 0 bridgehead atoms. The van der Waals surface area contributed by atoms with Crippen molar-refractivity contribution in [2.24, 2.45) is 0 Å². The quantitative estimate of drug-likeness (QED) is 0.709. The number of carbonyl (C=O) groups is 1. The molecule has 0 saturated carbocycles. The fourth-order valence-corrected chi connectivity index (χ4v) is 2.30. The number of para-hydroxylation sites is 1. The standard InChI is InChI=1S/C18H21ClN2O2/c1-12-6-5-9-16(13(12)2)21-18(23)15-7-3-4-8-17(15)20-11-14(22)10-19/h3-9,14,20,22H,10-11H2,1-2H3,(H,21,23). The van der Waals surface area contributed by atoms with Gasteiger partial charge in [-0.3, -0.25) is 4.79 Å². The van der Waals surface area contributed by atoms with Crippen LogP contribution in [-0.4, -0.2) is 29.5 Å². The summed E-state index contributed by atoms with van der Waals surface area (Å²) in [4.78, 5) is 12.6. The number of aliphatic hydroxyl groups excluding tert-OH is 1. The fraction of sp³-hybridized carbons (Fsp3) is 0.278. The first-order chi connectivity index (χ1) is 11.0. The number of anilines is 2. The smallest absolute Gasteiger partial charge is 0.257 e.